The maximum absolute atomic E-state index is 6.62. The van der Waals surface area contributed by atoms with Crippen molar-refractivity contribution in [2.45, 2.75) is 75.7 Å². The van der Waals surface area contributed by atoms with E-state index in [1.807, 2.05) is 6.07 Å². The molecule has 2 bridgehead atoms. The first-order valence-corrected chi connectivity index (χ1v) is 17.4. The van der Waals surface area contributed by atoms with Gasteiger partial charge in [0.1, 0.15) is 24.8 Å². The Morgan fingerprint density at radius 2 is 1.61 bits per heavy atom. The van der Waals surface area contributed by atoms with E-state index in [-0.39, 0.29) is 5.54 Å². The van der Waals surface area contributed by atoms with Crippen molar-refractivity contribution in [3.8, 4) is 11.8 Å². The van der Waals surface area contributed by atoms with E-state index in [0.29, 0.717) is 31.3 Å². The maximum Gasteiger partial charge on any atom is 0.318 e. The van der Waals surface area contributed by atoms with Crippen molar-refractivity contribution in [1.29, 1.82) is 0 Å². The van der Waals surface area contributed by atoms with Crippen LogP contribution in [0.2, 0.25) is 0 Å². The van der Waals surface area contributed by atoms with Crippen LogP contribution in [0.3, 0.4) is 0 Å². The van der Waals surface area contributed by atoms with Crippen LogP contribution in [0.5, 0.6) is 11.8 Å². The number of fused-ring (bicyclic) bond motifs is 5. The zero-order valence-corrected chi connectivity index (χ0v) is 26.7. The molecule has 0 saturated carbocycles. The first-order chi connectivity index (χ1) is 22.7. The Morgan fingerprint density at radius 3 is 2.43 bits per heavy atom. The first kappa shape index (κ1) is 28.4. The minimum Gasteiger partial charge on any atom is -0.489 e. The average Bonchev–Trinajstić information content (AvgIpc) is 3.79. The van der Waals surface area contributed by atoms with Gasteiger partial charge in [0.2, 0.25) is 0 Å². The number of ether oxygens (including phenoxy) is 2. The fourth-order valence-corrected chi connectivity index (χ4v) is 8.90. The van der Waals surface area contributed by atoms with Gasteiger partial charge >= 0.3 is 6.01 Å². The SMILES string of the molecule is c1ccc(COc2cc(N3CCc4c(nc(OCC56CCCN5CCC6)nc4N4CC5CCC(C4)N5)C3)c3ccccc3c2)cc1. The van der Waals surface area contributed by atoms with Gasteiger partial charge in [-0.1, -0.05) is 54.6 Å². The molecule has 0 aliphatic carbocycles. The summed E-state index contributed by atoms with van der Waals surface area (Å²) in [5.74, 6) is 2.00. The van der Waals surface area contributed by atoms with Gasteiger partial charge in [0.05, 0.1) is 17.8 Å². The zero-order chi connectivity index (χ0) is 30.5. The Kier molecular flexibility index (Phi) is 7.23. The molecule has 238 valence electrons. The highest BCUT2D eigenvalue weighted by molar-refractivity contribution is 5.95. The van der Waals surface area contributed by atoms with Gasteiger partial charge in [-0.2, -0.15) is 9.97 Å². The largest absolute Gasteiger partial charge is 0.489 e. The summed E-state index contributed by atoms with van der Waals surface area (Å²) >= 11 is 0. The van der Waals surface area contributed by atoms with Gasteiger partial charge in [-0.3, -0.25) is 4.90 Å². The molecule has 1 aromatic heterocycles. The molecule has 0 spiro atoms. The molecule has 6 heterocycles. The topological polar surface area (TPSA) is 66.0 Å². The Hall–Kier alpha value is -3.88. The standard InChI is InChI=1S/C38H44N6O2/c1-2-8-27(9-3-1)25-45-31-20-28-10-4-5-11-32(28)35(21-31)42-19-14-33-34(24-42)40-37(46-26-38-15-6-17-44(38)18-7-16-38)41-36(33)43-22-29-12-13-30(23-43)39-29/h1-5,8-11,20-21,29-30,39H,6-7,12-19,22-26H2. The Bertz CT molecular complexity index is 1710. The Balaban J connectivity index is 1.04. The predicted octanol–water partition coefficient (Wildman–Crippen LogP) is 5.72. The molecular weight excluding hydrogens is 572 g/mol. The quantitative estimate of drug-likeness (QED) is 0.270. The lowest BCUT2D eigenvalue weighted by molar-refractivity contribution is 0.107. The monoisotopic (exact) mass is 616 g/mol. The molecule has 4 aromatic rings. The summed E-state index contributed by atoms with van der Waals surface area (Å²) in [5, 5.41) is 6.23. The van der Waals surface area contributed by atoms with E-state index in [9.17, 15) is 0 Å². The van der Waals surface area contributed by atoms with Crippen molar-refractivity contribution in [2.75, 3.05) is 49.1 Å². The second kappa shape index (κ2) is 11.7. The van der Waals surface area contributed by atoms with Crippen LogP contribution in [0, 0.1) is 0 Å². The molecule has 1 N–H and O–H groups in total. The minimum atomic E-state index is 0.165. The number of benzene rings is 3. The van der Waals surface area contributed by atoms with Crippen LogP contribution in [0.4, 0.5) is 11.5 Å². The van der Waals surface area contributed by atoms with Gasteiger partial charge in [0, 0.05) is 54.4 Å². The zero-order valence-electron chi connectivity index (χ0n) is 26.7. The van der Waals surface area contributed by atoms with Crippen molar-refractivity contribution in [3.63, 3.8) is 0 Å². The number of nitrogens with zero attached hydrogens (tertiary/aromatic N) is 5. The number of aromatic nitrogens is 2. The van der Waals surface area contributed by atoms with E-state index >= 15 is 0 Å². The molecule has 0 amide bonds. The molecule has 2 atom stereocenters. The van der Waals surface area contributed by atoms with E-state index in [2.05, 4.69) is 80.7 Å². The van der Waals surface area contributed by atoms with Gasteiger partial charge in [0.15, 0.2) is 0 Å². The van der Waals surface area contributed by atoms with E-state index in [0.717, 1.165) is 49.9 Å². The fourth-order valence-electron chi connectivity index (χ4n) is 8.90. The lowest BCUT2D eigenvalue weighted by atomic mass is 9.95. The number of nitrogens with one attached hydrogen (secondary N) is 1. The van der Waals surface area contributed by atoms with Crippen LogP contribution in [0.15, 0.2) is 66.7 Å². The van der Waals surface area contributed by atoms with Gasteiger partial charge in [-0.15, -0.1) is 0 Å². The normalized spacial score (nSPS) is 23.5. The molecule has 4 saturated heterocycles. The lowest BCUT2D eigenvalue weighted by Gasteiger charge is -2.38. The van der Waals surface area contributed by atoms with Crippen LogP contribution in [-0.2, 0) is 19.6 Å². The average molecular weight is 617 g/mol. The highest BCUT2D eigenvalue weighted by Gasteiger charge is 2.45. The van der Waals surface area contributed by atoms with E-state index in [1.165, 1.54) is 79.2 Å². The summed E-state index contributed by atoms with van der Waals surface area (Å²) in [4.78, 5) is 18.1. The lowest BCUT2D eigenvalue weighted by Crippen LogP contribution is -2.52. The van der Waals surface area contributed by atoms with Crippen molar-refractivity contribution < 1.29 is 9.47 Å². The number of piperazine rings is 1. The summed E-state index contributed by atoms with van der Waals surface area (Å²) in [6, 6.07) is 25.1. The van der Waals surface area contributed by atoms with Crippen molar-refractivity contribution in [1.82, 2.24) is 20.2 Å². The van der Waals surface area contributed by atoms with Crippen LogP contribution >= 0.6 is 0 Å². The summed E-state index contributed by atoms with van der Waals surface area (Å²) in [6.07, 6.45) is 8.37. The molecule has 2 unspecified atom stereocenters. The molecule has 5 aliphatic rings. The smallest absolute Gasteiger partial charge is 0.318 e. The van der Waals surface area contributed by atoms with Gasteiger partial charge in [0.25, 0.3) is 0 Å². The second-order valence-electron chi connectivity index (χ2n) is 14.1. The van der Waals surface area contributed by atoms with Gasteiger partial charge < -0.3 is 24.6 Å². The molecular formula is C38H44N6O2. The molecule has 9 rings (SSSR count). The van der Waals surface area contributed by atoms with Crippen LogP contribution in [-0.4, -0.2) is 71.8 Å². The van der Waals surface area contributed by atoms with Gasteiger partial charge in [-0.25, -0.2) is 0 Å². The van der Waals surface area contributed by atoms with Crippen molar-refractivity contribution in [2.24, 2.45) is 0 Å². The third-order valence-electron chi connectivity index (χ3n) is 11.2. The summed E-state index contributed by atoms with van der Waals surface area (Å²) in [5.41, 5.74) is 4.93. The van der Waals surface area contributed by atoms with E-state index < -0.39 is 0 Å². The van der Waals surface area contributed by atoms with Crippen LogP contribution in [0.1, 0.15) is 55.3 Å². The molecule has 3 aromatic carbocycles. The Labute approximate surface area is 271 Å². The maximum atomic E-state index is 6.62. The second-order valence-corrected chi connectivity index (χ2v) is 14.1. The molecule has 46 heavy (non-hydrogen) atoms. The summed E-state index contributed by atoms with van der Waals surface area (Å²) in [7, 11) is 0. The highest BCUT2D eigenvalue weighted by atomic mass is 16.5. The van der Waals surface area contributed by atoms with Crippen molar-refractivity contribution >= 4 is 22.3 Å². The number of anilines is 2. The number of hydrogen-bond acceptors (Lipinski definition) is 8. The molecule has 4 fully saturated rings. The molecule has 8 nitrogen and oxygen atoms in total. The highest BCUT2D eigenvalue weighted by Crippen LogP contribution is 2.40. The summed E-state index contributed by atoms with van der Waals surface area (Å²) in [6.45, 7) is 7.27. The van der Waals surface area contributed by atoms with E-state index in [1.54, 1.807) is 0 Å². The van der Waals surface area contributed by atoms with Gasteiger partial charge in [-0.05, 0) is 75.1 Å². The first-order valence-electron chi connectivity index (χ1n) is 17.4. The fraction of sp³-hybridized carbons (Fsp3) is 0.474. The molecule has 0 radical (unpaired) electrons. The van der Waals surface area contributed by atoms with Crippen LogP contribution < -0.4 is 24.6 Å². The minimum absolute atomic E-state index is 0.165. The third kappa shape index (κ3) is 5.25. The van der Waals surface area contributed by atoms with E-state index in [4.69, 9.17) is 19.4 Å². The number of rotatable bonds is 8. The van der Waals surface area contributed by atoms with Crippen molar-refractivity contribution in [3.05, 3.63) is 83.6 Å². The molecule has 5 aliphatic heterocycles. The third-order valence-corrected chi connectivity index (χ3v) is 11.2. The summed E-state index contributed by atoms with van der Waals surface area (Å²) < 4.78 is 13.0. The van der Waals surface area contributed by atoms with Crippen LogP contribution in [0.25, 0.3) is 10.8 Å². The Morgan fingerprint density at radius 1 is 0.826 bits per heavy atom. The number of hydrogen-bond donors (Lipinski definition) is 1. The predicted molar refractivity (Wildman–Crippen MR) is 182 cm³/mol. The molecule has 8 heteroatoms.